The van der Waals surface area contributed by atoms with Crippen LogP contribution in [-0.2, 0) is 18.9 Å². The van der Waals surface area contributed by atoms with E-state index < -0.39 is 4.92 Å². The van der Waals surface area contributed by atoms with Gasteiger partial charge in [-0.05, 0) is 32.1 Å². The van der Waals surface area contributed by atoms with Crippen LogP contribution in [0.1, 0.15) is 22.5 Å². The lowest BCUT2D eigenvalue weighted by Gasteiger charge is -2.06. The van der Waals surface area contributed by atoms with Crippen molar-refractivity contribution in [1.29, 1.82) is 0 Å². The molecule has 0 fully saturated rings. The van der Waals surface area contributed by atoms with Gasteiger partial charge in [-0.1, -0.05) is 0 Å². The van der Waals surface area contributed by atoms with Crippen molar-refractivity contribution in [1.82, 2.24) is 29.3 Å². The van der Waals surface area contributed by atoms with E-state index >= 15 is 0 Å². The second-order valence-electron chi connectivity index (χ2n) is 6.31. The first-order chi connectivity index (χ1) is 13.3. The van der Waals surface area contributed by atoms with Gasteiger partial charge in [-0.15, -0.1) is 0 Å². The number of hydrogen-bond acceptors (Lipinski definition) is 6. The second kappa shape index (κ2) is 7.43. The van der Waals surface area contributed by atoms with E-state index in [0.717, 1.165) is 5.56 Å². The lowest BCUT2D eigenvalue weighted by Crippen LogP contribution is -2.10. The number of nitrogens with zero attached hydrogens (tertiary/aromatic N) is 7. The summed E-state index contributed by atoms with van der Waals surface area (Å²) < 4.78 is 4.53. The molecule has 10 nitrogen and oxygen atoms in total. The molecule has 0 aromatic carbocycles. The van der Waals surface area contributed by atoms with E-state index in [1.165, 1.54) is 10.8 Å². The molecule has 144 valence electrons. The number of carbonyl (C=O) groups is 1. The topological polar surface area (TPSA) is 114 Å². The lowest BCUT2D eigenvalue weighted by atomic mass is 10.2. The van der Waals surface area contributed by atoms with E-state index in [2.05, 4.69) is 15.3 Å². The summed E-state index contributed by atoms with van der Waals surface area (Å²) in [5.74, 6) is -0.354. The van der Waals surface area contributed by atoms with Crippen molar-refractivity contribution < 1.29 is 9.72 Å². The van der Waals surface area contributed by atoms with Crippen LogP contribution in [0.5, 0.6) is 0 Å². The molecule has 0 unspecified atom stereocenters. The normalized spacial score (nSPS) is 12.1. The quantitative estimate of drug-likeness (QED) is 0.367. The van der Waals surface area contributed by atoms with E-state index in [4.69, 9.17) is 0 Å². The van der Waals surface area contributed by atoms with Gasteiger partial charge < -0.3 is 0 Å². The molecule has 3 heterocycles. The zero-order valence-corrected chi connectivity index (χ0v) is 15.9. The van der Waals surface area contributed by atoms with Crippen LogP contribution in [0.3, 0.4) is 0 Å². The van der Waals surface area contributed by atoms with Gasteiger partial charge in [0.1, 0.15) is 17.1 Å². The molecule has 0 bridgehead atoms. The van der Waals surface area contributed by atoms with E-state index in [0.29, 0.717) is 5.56 Å². The predicted molar refractivity (Wildman–Crippen MR) is 103 cm³/mol. The SMILES string of the molecule is Cc1nn(/C(=C/c2cnn(C)c2)C(=O)/C=C/c2cnn(C)c2)c(C)c1[N+](=O)[O-]. The summed E-state index contributed by atoms with van der Waals surface area (Å²) in [7, 11) is 3.54. The molecular formula is C18H19N7O3. The van der Waals surface area contributed by atoms with Crippen molar-refractivity contribution in [2.45, 2.75) is 13.8 Å². The fraction of sp³-hybridized carbons (Fsp3) is 0.222. The van der Waals surface area contributed by atoms with Gasteiger partial charge in [0.25, 0.3) is 0 Å². The van der Waals surface area contributed by atoms with Gasteiger partial charge in [-0.2, -0.15) is 15.3 Å². The van der Waals surface area contributed by atoms with Crippen LogP contribution in [0.25, 0.3) is 17.8 Å². The number of aromatic nitrogens is 6. The molecule has 0 aliphatic heterocycles. The highest BCUT2D eigenvalue weighted by Gasteiger charge is 2.25. The molecule has 0 saturated heterocycles. The standard InChI is InChI=1S/C18H19N7O3/c1-12-18(25(27)28)13(2)24(21-12)16(7-15-9-20-23(4)11-15)17(26)6-5-14-8-19-22(3)10-14/h5-11H,1-4H3/b6-5+,16-7+. The van der Waals surface area contributed by atoms with Crippen LogP contribution < -0.4 is 0 Å². The Hall–Kier alpha value is -3.82. The minimum atomic E-state index is -0.494. The Labute approximate surface area is 160 Å². The Morgan fingerprint density at radius 3 is 2.21 bits per heavy atom. The zero-order chi connectivity index (χ0) is 20.4. The van der Waals surface area contributed by atoms with Crippen LogP contribution in [0, 0.1) is 24.0 Å². The van der Waals surface area contributed by atoms with Crippen LogP contribution >= 0.6 is 0 Å². The van der Waals surface area contributed by atoms with Crippen LogP contribution in [0.4, 0.5) is 5.69 Å². The molecule has 0 aliphatic rings. The molecule has 0 aliphatic carbocycles. The van der Waals surface area contributed by atoms with Gasteiger partial charge in [-0.25, -0.2) is 4.68 Å². The van der Waals surface area contributed by atoms with Gasteiger partial charge >= 0.3 is 5.69 Å². The maximum Gasteiger partial charge on any atom is 0.313 e. The van der Waals surface area contributed by atoms with Crippen molar-refractivity contribution >= 4 is 29.3 Å². The number of ketones is 1. The third-order valence-corrected chi connectivity index (χ3v) is 4.10. The number of nitro groups is 1. The first kappa shape index (κ1) is 19.0. The fourth-order valence-corrected chi connectivity index (χ4v) is 2.83. The molecule has 0 radical (unpaired) electrons. The van der Waals surface area contributed by atoms with Crippen LogP contribution in [0.2, 0.25) is 0 Å². The Morgan fingerprint density at radius 2 is 1.71 bits per heavy atom. The summed E-state index contributed by atoms with van der Waals surface area (Å²) in [6.45, 7) is 3.10. The number of rotatable bonds is 6. The smallest absolute Gasteiger partial charge is 0.288 e. The summed E-state index contributed by atoms with van der Waals surface area (Å²) in [4.78, 5) is 23.8. The highest BCUT2D eigenvalue weighted by Crippen LogP contribution is 2.26. The Balaban J connectivity index is 2.07. The van der Waals surface area contributed by atoms with Crippen molar-refractivity contribution in [2.24, 2.45) is 14.1 Å². The Bertz CT molecular complexity index is 1110. The minimum absolute atomic E-state index is 0.110. The largest absolute Gasteiger partial charge is 0.313 e. The molecule has 0 N–H and O–H groups in total. The average molecular weight is 381 g/mol. The maximum absolute atomic E-state index is 12.9. The highest BCUT2D eigenvalue weighted by molar-refractivity contribution is 6.26. The maximum atomic E-state index is 12.9. The summed E-state index contributed by atoms with van der Waals surface area (Å²) in [6, 6.07) is 0. The van der Waals surface area contributed by atoms with Crippen LogP contribution in [-0.4, -0.2) is 40.0 Å². The average Bonchev–Trinajstić information content (AvgIpc) is 3.30. The fourth-order valence-electron chi connectivity index (χ4n) is 2.83. The number of aryl methyl sites for hydroxylation is 3. The van der Waals surface area contributed by atoms with Crippen molar-refractivity contribution in [2.75, 3.05) is 0 Å². The van der Waals surface area contributed by atoms with Crippen molar-refractivity contribution in [3.8, 4) is 0 Å². The summed E-state index contributed by atoms with van der Waals surface area (Å²) in [6.07, 6.45) is 11.3. The molecule has 10 heteroatoms. The third-order valence-electron chi connectivity index (χ3n) is 4.10. The number of hydrogen-bond donors (Lipinski definition) is 0. The van der Waals surface area contributed by atoms with Crippen molar-refractivity contribution in [3.63, 3.8) is 0 Å². The Morgan fingerprint density at radius 1 is 1.11 bits per heavy atom. The molecule has 28 heavy (non-hydrogen) atoms. The molecule has 3 rings (SSSR count). The highest BCUT2D eigenvalue weighted by atomic mass is 16.6. The first-order valence-electron chi connectivity index (χ1n) is 8.38. The van der Waals surface area contributed by atoms with E-state index in [9.17, 15) is 14.9 Å². The van der Waals surface area contributed by atoms with Crippen molar-refractivity contribution in [3.05, 3.63) is 63.5 Å². The summed E-state index contributed by atoms with van der Waals surface area (Å²) in [5, 5.41) is 23.7. The second-order valence-corrected chi connectivity index (χ2v) is 6.31. The zero-order valence-electron chi connectivity index (χ0n) is 15.9. The van der Waals surface area contributed by atoms with Gasteiger partial charge in [0.05, 0.1) is 17.3 Å². The molecule has 0 spiro atoms. The first-order valence-corrected chi connectivity index (χ1v) is 8.38. The number of carbonyl (C=O) groups excluding carboxylic acids is 1. The monoisotopic (exact) mass is 381 g/mol. The van der Waals surface area contributed by atoms with E-state index in [1.54, 1.807) is 74.2 Å². The van der Waals surface area contributed by atoms with Crippen LogP contribution in [0.15, 0.2) is 30.9 Å². The van der Waals surface area contributed by atoms with Gasteiger partial charge in [-0.3, -0.25) is 24.3 Å². The van der Waals surface area contributed by atoms with E-state index in [1.807, 2.05) is 0 Å². The van der Waals surface area contributed by atoms with Gasteiger partial charge in [0, 0.05) is 37.6 Å². The molecular weight excluding hydrogens is 362 g/mol. The summed E-state index contributed by atoms with van der Waals surface area (Å²) >= 11 is 0. The predicted octanol–water partition coefficient (Wildman–Crippen LogP) is 2.16. The van der Waals surface area contributed by atoms with Gasteiger partial charge in [0.2, 0.25) is 5.78 Å². The third kappa shape index (κ3) is 3.80. The molecule has 0 atom stereocenters. The summed E-state index contributed by atoms with van der Waals surface area (Å²) in [5.41, 5.74) is 2.03. The molecule has 3 aromatic rings. The number of allylic oxidation sites excluding steroid dienone is 2. The lowest BCUT2D eigenvalue weighted by molar-refractivity contribution is -0.386. The molecule has 0 amide bonds. The molecule has 0 saturated carbocycles. The Kier molecular flexibility index (Phi) is 5.03. The van der Waals surface area contributed by atoms with E-state index in [-0.39, 0.29) is 28.6 Å². The molecule has 3 aromatic heterocycles. The van der Waals surface area contributed by atoms with Gasteiger partial charge in [0.15, 0.2) is 0 Å². The minimum Gasteiger partial charge on any atom is -0.288 e.